The third-order valence-corrected chi connectivity index (χ3v) is 10.3. The average molecular weight is 451 g/mol. The van der Waals surface area contributed by atoms with Crippen LogP contribution in [0.25, 0.3) is 0 Å². The van der Waals surface area contributed by atoms with Gasteiger partial charge in [-0.2, -0.15) is 0 Å². The van der Waals surface area contributed by atoms with Gasteiger partial charge in [-0.15, -0.1) is 0 Å². The van der Waals surface area contributed by atoms with Gasteiger partial charge in [-0.05, 0) is 0 Å². The van der Waals surface area contributed by atoms with Gasteiger partial charge in [0.2, 0.25) is 0 Å². The van der Waals surface area contributed by atoms with Crippen molar-refractivity contribution < 1.29 is 13.2 Å². The van der Waals surface area contributed by atoms with E-state index in [0.717, 1.165) is 23.0 Å². The van der Waals surface area contributed by atoms with Crippen LogP contribution >= 0.6 is 0 Å². The summed E-state index contributed by atoms with van der Waals surface area (Å²) in [6.45, 7) is 6.59. The first-order valence-electron chi connectivity index (χ1n) is 9.17. The summed E-state index contributed by atoms with van der Waals surface area (Å²) < 4.78 is 41.6. The molecular weight excluding hydrogens is 420 g/mol. The van der Waals surface area contributed by atoms with Crippen LogP contribution in [0.2, 0.25) is 3.43 Å². The van der Waals surface area contributed by atoms with E-state index in [1.165, 1.54) is 49.3 Å². The number of alkyl halides is 3. The topological polar surface area (TPSA) is 17.8 Å². The molecule has 0 bridgehead atoms. The average Bonchev–Trinajstić information content (AvgIpc) is 2.89. The van der Waals surface area contributed by atoms with Gasteiger partial charge in [-0.1, -0.05) is 0 Å². The number of nitrogens with zero attached hydrogens (tertiary/aromatic N) is 2. The summed E-state index contributed by atoms with van der Waals surface area (Å²) in [7, 11) is 1.68. The van der Waals surface area contributed by atoms with Crippen molar-refractivity contribution in [2.45, 2.75) is 88.2 Å². The Bertz CT molecular complexity index is 461. The van der Waals surface area contributed by atoms with Crippen molar-refractivity contribution in [3.8, 4) is 0 Å². The Hall–Kier alpha value is -0.201. The second-order valence-corrected chi connectivity index (χ2v) is 12.0. The third-order valence-electron chi connectivity index (χ3n) is 4.59. The van der Waals surface area contributed by atoms with Crippen molar-refractivity contribution in [1.29, 1.82) is 0 Å². The zero-order chi connectivity index (χ0) is 18.2. The van der Waals surface area contributed by atoms with Crippen molar-refractivity contribution in [2.75, 3.05) is 0 Å². The summed E-state index contributed by atoms with van der Waals surface area (Å²) >= 11 is -1.17. The van der Waals surface area contributed by atoms with E-state index >= 15 is 0 Å². The summed E-state index contributed by atoms with van der Waals surface area (Å²) in [5.74, 6) is 0. The Kier molecular flexibility index (Phi) is 9.16. The molecule has 0 saturated heterocycles. The molecular formula is C18H31F3N2Sn. The molecule has 1 aromatic heterocycles. The molecule has 1 rings (SSSR count). The van der Waals surface area contributed by atoms with E-state index in [4.69, 9.17) is 0 Å². The van der Waals surface area contributed by atoms with Crippen LogP contribution in [0.3, 0.4) is 0 Å². The van der Waals surface area contributed by atoms with Gasteiger partial charge in [0.25, 0.3) is 0 Å². The summed E-state index contributed by atoms with van der Waals surface area (Å²) in [5, 5.41) is 3.74. The summed E-state index contributed by atoms with van der Waals surface area (Å²) in [4.78, 5) is 0. The Morgan fingerprint density at radius 2 is 1.42 bits per heavy atom. The van der Waals surface area contributed by atoms with Crippen LogP contribution in [0.1, 0.15) is 84.3 Å². The molecule has 6 heteroatoms. The Balaban J connectivity index is 3.06. The van der Waals surface area contributed by atoms with Crippen LogP contribution in [0.5, 0.6) is 0 Å². The normalized spacial score (nSPS) is 12.8. The summed E-state index contributed by atoms with van der Waals surface area (Å²) in [6.07, 6.45) is 6.16. The second-order valence-electron chi connectivity index (χ2n) is 6.75. The van der Waals surface area contributed by atoms with Crippen molar-refractivity contribution in [3.63, 3.8) is 0 Å². The SMILES string of the molecule is CCCC[C](CCCC)(CCCC)[Sn][c]1cc(C(F)(F)F)nn1C. The quantitative estimate of drug-likeness (QED) is 0.407. The van der Waals surface area contributed by atoms with Crippen LogP contribution in [0.4, 0.5) is 13.2 Å². The predicted octanol–water partition coefficient (Wildman–Crippen LogP) is 5.50. The molecule has 2 radical (unpaired) electrons. The minimum absolute atomic E-state index is 0.280. The van der Waals surface area contributed by atoms with Gasteiger partial charge in [0.05, 0.1) is 0 Å². The zero-order valence-corrected chi connectivity index (χ0v) is 18.3. The van der Waals surface area contributed by atoms with Gasteiger partial charge >= 0.3 is 155 Å². The molecule has 0 saturated carbocycles. The number of aryl methyl sites for hydroxylation is 1. The van der Waals surface area contributed by atoms with Gasteiger partial charge in [-0.25, -0.2) is 0 Å². The van der Waals surface area contributed by atoms with Gasteiger partial charge in [0.15, 0.2) is 0 Å². The molecule has 0 spiro atoms. The Morgan fingerprint density at radius 3 is 1.75 bits per heavy atom. The van der Waals surface area contributed by atoms with E-state index in [0.29, 0.717) is 0 Å². The molecule has 1 aromatic rings. The number of unbranched alkanes of at least 4 members (excludes halogenated alkanes) is 3. The number of hydrogen-bond acceptors (Lipinski definition) is 1. The molecule has 0 atom stereocenters. The summed E-state index contributed by atoms with van der Waals surface area (Å²) in [6, 6.07) is 1.32. The maximum atomic E-state index is 13.0. The molecule has 0 aliphatic heterocycles. The standard InChI is InChI=1S/C13H27.C5H4F3N2.Sn/c1-4-7-10-13(11-8-5-2)12-9-6-3;1-10-3-2-4(9-10)5(6,7)8;/h4-12H2,1-3H3;2H,1H3;. The second kappa shape index (κ2) is 10.1. The molecule has 0 unspecified atom stereocenters. The van der Waals surface area contributed by atoms with Crippen molar-refractivity contribution in [2.24, 2.45) is 7.05 Å². The van der Waals surface area contributed by atoms with E-state index in [9.17, 15) is 13.2 Å². The molecule has 0 amide bonds. The van der Waals surface area contributed by atoms with Crippen LogP contribution in [-0.4, -0.2) is 30.9 Å². The Morgan fingerprint density at radius 1 is 0.958 bits per heavy atom. The molecule has 0 fully saturated rings. The fourth-order valence-electron chi connectivity index (χ4n) is 3.10. The van der Waals surface area contributed by atoms with E-state index in [1.54, 1.807) is 7.05 Å². The summed E-state index contributed by atoms with van der Waals surface area (Å²) in [5.41, 5.74) is -0.726. The van der Waals surface area contributed by atoms with E-state index in [-0.39, 0.29) is 3.43 Å². The van der Waals surface area contributed by atoms with Gasteiger partial charge in [0.1, 0.15) is 0 Å². The first-order valence-corrected chi connectivity index (χ1v) is 12.0. The number of rotatable bonds is 11. The molecule has 0 aromatic carbocycles. The van der Waals surface area contributed by atoms with Crippen LogP contribution < -0.4 is 3.71 Å². The fourth-order valence-corrected chi connectivity index (χ4v) is 8.44. The number of aromatic nitrogens is 2. The zero-order valence-electron chi connectivity index (χ0n) is 15.5. The molecule has 24 heavy (non-hydrogen) atoms. The van der Waals surface area contributed by atoms with Gasteiger partial charge in [0, 0.05) is 0 Å². The van der Waals surface area contributed by atoms with Gasteiger partial charge < -0.3 is 0 Å². The van der Waals surface area contributed by atoms with Crippen LogP contribution in [0.15, 0.2) is 6.07 Å². The molecule has 0 aliphatic carbocycles. The van der Waals surface area contributed by atoms with E-state index in [1.807, 2.05) is 0 Å². The van der Waals surface area contributed by atoms with Gasteiger partial charge in [-0.3, -0.25) is 0 Å². The van der Waals surface area contributed by atoms with E-state index in [2.05, 4.69) is 25.9 Å². The minimum atomic E-state index is -4.34. The van der Waals surface area contributed by atoms with Crippen molar-refractivity contribution in [3.05, 3.63) is 11.8 Å². The Labute approximate surface area is 154 Å². The first kappa shape index (κ1) is 21.8. The molecule has 0 N–H and O–H groups in total. The molecule has 1 heterocycles. The predicted molar refractivity (Wildman–Crippen MR) is 94.9 cm³/mol. The maximum absolute atomic E-state index is 13.0. The third kappa shape index (κ3) is 6.60. The monoisotopic (exact) mass is 452 g/mol. The van der Waals surface area contributed by atoms with E-state index < -0.39 is 33.0 Å². The van der Waals surface area contributed by atoms with Crippen molar-refractivity contribution in [1.82, 2.24) is 9.78 Å². The number of halogens is 3. The van der Waals surface area contributed by atoms with Crippen molar-refractivity contribution >= 4 is 24.9 Å². The molecule has 0 aliphatic rings. The van der Waals surface area contributed by atoms with Crippen LogP contribution in [-0.2, 0) is 13.2 Å². The first-order chi connectivity index (χ1) is 11.3. The fraction of sp³-hybridized carbons (Fsp3) is 0.833. The molecule has 138 valence electrons. The number of hydrogen-bond donors (Lipinski definition) is 0. The molecule has 2 nitrogen and oxygen atoms in total. The van der Waals surface area contributed by atoms with Crippen LogP contribution in [0, 0.1) is 0 Å².